The van der Waals surface area contributed by atoms with Crippen LogP contribution in [0.25, 0.3) is 0 Å². The molecule has 300 valence electrons. The van der Waals surface area contributed by atoms with Gasteiger partial charge in [-0.05, 0) is 107 Å². The van der Waals surface area contributed by atoms with Crippen molar-refractivity contribution in [3.05, 3.63) is 174 Å². The molecule has 54 heavy (non-hydrogen) atoms. The van der Waals surface area contributed by atoms with Gasteiger partial charge in [-0.1, -0.05) is 131 Å². The SMILES string of the molecule is CC.CC.CC.CC.CC.CC.Cc1ccccc1.Cc1ccccn1.Cc1cccnc1.Cc1cccnn1.Cc1ccncc1.Cc1ccnnc1. The summed E-state index contributed by atoms with van der Waals surface area (Å²) >= 11 is 0. The molecule has 6 aromatic rings. The van der Waals surface area contributed by atoms with Gasteiger partial charge in [0.15, 0.2) is 0 Å². The fraction of sp³-hybridized carbons (Fsp3) is 0.383. The van der Waals surface area contributed by atoms with Crippen LogP contribution < -0.4 is 0 Å². The highest BCUT2D eigenvalue weighted by molar-refractivity contribution is 5.11. The Morgan fingerprint density at radius 3 is 0.981 bits per heavy atom. The van der Waals surface area contributed by atoms with Gasteiger partial charge in [-0.25, -0.2) is 0 Å². The maximum atomic E-state index is 3.98. The van der Waals surface area contributed by atoms with E-state index in [0.717, 1.165) is 17.0 Å². The standard InChI is InChI=1S/C7H8.3C6H7N.2C5H6N2.6C2H6/c1-7-5-3-2-4-6-7;1-6-2-4-7-5-3-6;1-6-3-2-4-7-5-6;1-6-4-2-3-5-7-6;1-5-2-3-6-7-4-5;1-5-3-2-4-6-7-5;6*1-2/h2-6H,1H3;3*2-5H,1H3;2*2-4H,1H3;6*1-2H3. The smallest absolute Gasteiger partial charge is 0.0600 e. The summed E-state index contributed by atoms with van der Waals surface area (Å²) in [5, 5.41) is 14.6. The van der Waals surface area contributed by atoms with Gasteiger partial charge in [0.05, 0.1) is 11.9 Å². The van der Waals surface area contributed by atoms with Gasteiger partial charge in [0, 0.05) is 49.1 Å². The van der Waals surface area contributed by atoms with Crippen molar-refractivity contribution in [2.24, 2.45) is 0 Å². The maximum absolute atomic E-state index is 3.98. The molecule has 0 unspecified atom stereocenters. The van der Waals surface area contributed by atoms with Crippen molar-refractivity contribution in [1.29, 1.82) is 0 Å². The molecule has 0 saturated heterocycles. The van der Waals surface area contributed by atoms with Crippen LogP contribution in [0.4, 0.5) is 0 Å². The molecule has 0 radical (unpaired) electrons. The van der Waals surface area contributed by atoms with E-state index >= 15 is 0 Å². The monoisotopic (exact) mass is 740 g/mol. The van der Waals surface area contributed by atoms with Crippen molar-refractivity contribution in [2.45, 2.75) is 125 Å². The third kappa shape index (κ3) is 53.6. The average molecular weight is 740 g/mol. The molecule has 6 rings (SSSR count). The predicted octanol–water partition coefficient (Wildman–Crippen LogP) is 13.9. The van der Waals surface area contributed by atoms with Crippen molar-refractivity contribution in [2.75, 3.05) is 0 Å². The average Bonchev–Trinajstić information content (AvgIpc) is 3.25. The van der Waals surface area contributed by atoms with Crippen molar-refractivity contribution < 1.29 is 0 Å². The van der Waals surface area contributed by atoms with Gasteiger partial charge in [-0.3, -0.25) is 15.0 Å². The summed E-state index contributed by atoms with van der Waals surface area (Å²) in [6.45, 7) is 36.0. The lowest BCUT2D eigenvalue weighted by Crippen LogP contribution is -1.79. The normalized spacial score (nSPS) is 7.44. The Labute approximate surface area is 333 Å². The number of aromatic nitrogens is 7. The van der Waals surface area contributed by atoms with Gasteiger partial charge in [0.2, 0.25) is 0 Å². The molecule has 5 heterocycles. The molecule has 5 aromatic heterocycles. The minimum absolute atomic E-state index is 0.961. The number of benzene rings is 1. The van der Waals surface area contributed by atoms with Crippen LogP contribution in [0.15, 0.2) is 141 Å². The summed E-state index contributed by atoms with van der Waals surface area (Å²) in [4.78, 5) is 11.7. The molecular formula is C47H77N7. The number of pyridine rings is 3. The van der Waals surface area contributed by atoms with E-state index in [1.165, 1.54) is 16.7 Å². The molecule has 1 aromatic carbocycles. The van der Waals surface area contributed by atoms with Crippen molar-refractivity contribution >= 4 is 0 Å². The maximum Gasteiger partial charge on any atom is 0.0600 e. The van der Waals surface area contributed by atoms with Crippen LogP contribution in [0.3, 0.4) is 0 Å². The molecule has 0 spiro atoms. The van der Waals surface area contributed by atoms with Crippen LogP contribution in [-0.4, -0.2) is 35.3 Å². The minimum atomic E-state index is 0.961. The number of hydrogen-bond acceptors (Lipinski definition) is 7. The largest absolute Gasteiger partial charge is 0.265 e. The first kappa shape index (κ1) is 60.9. The van der Waals surface area contributed by atoms with Crippen LogP contribution in [0.2, 0.25) is 0 Å². The van der Waals surface area contributed by atoms with Crippen molar-refractivity contribution in [3.8, 4) is 0 Å². The fourth-order valence-electron chi connectivity index (χ4n) is 2.59. The highest BCUT2D eigenvalue weighted by Gasteiger charge is 1.77. The summed E-state index contributed by atoms with van der Waals surface area (Å²) in [7, 11) is 0. The lowest BCUT2D eigenvalue weighted by Gasteiger charge is -1.82. The van der Waals surface area contributed by atoms with Crippen LogP contribution >= 0.6 is 0 Å². The van der Waals surface area contributed by atoms with E-state index in [9.17, 15) is 0 Å². The van der Waals surface area contributed by atoms with Crippen LogP contribution in [-0.2, 0) is 0 Å². The third-order valence-electron chi connectivity index (χ3n) is 4.85. The molecular weight excluding hydrogens is 663 g/mol. The Morgan fingerprint density at radius 2 is 0.759 bits per heavy atom. The molecule has 0 aliphatic carbocycles. The van der Waals surface area contributed by atoms with Gasteiger partial charge >= 0.3 is 0 Å². The topological polar surface area (TPSA) is 90.2 Å². The molecule has 0 aliphatic heterocycles. The Balaban J connectivity index is -0.000000121. The molecule has 0 aliphatic rings. The molecule has 0 N–H and O–H groups in total. The lowest BCUT2D eigenvalue weighted by molar-refractivity contribution is 0.980. The second-order valence-electron chi connectivity index (χ2n) is 8.97. The van der Waals surface area contributed by atoms with Crippen molar-refractivity contribution in [1.82, 2.24) is 35.3 Å². The van der Waals surface area contributed by atoms with Gasteiger partial charge < -0.3 is 0 Å². The first-order valence-electron chi connectivity index (χ1n) is 19.5. The van der Waals surface area contributed by atoms with E-state index in [-0.39, 0.29) is 0 Å². The predicted molar refractivity (Wildman–Crippen MR) is 240 cm³/mol. The highest BCUT2D eigenvalue weighted by Crippen LogP contribution is 1.92. The summed E-state index contributed by atoms with van der Waals surface area (Å²) in [5.74, 6) is 0. The van der Waals surface area contributed by atoms with Crippen molar-refractivity contribution in [3.63, 3.8) is 0 Å². The quantitative estimate of drug-likeness (QED) is 0.153. The Morgan fingerprint density at radius 1 is 0.296 bits per heavy atom. The third-order valence-corrected chi connectivity index (χ3v) is 4.85. The van der Waals surface area contributed by atoms with Gasteiger partial charge in [0.1, 0.15) is 0 Å². The molecule has 7 nitrogen and oxygen atoms in total. The zero-order valence-electron chi connectivity index (χ0n) is 37.4. The second-order valence-corrected chi connectivity index (χ2v) is 8.97. The first-order valence-corrected chi connectivity index (χ1v) is 19.5. The highest BCUT2D eigenvalue weighted by atomic mass is 15.1. The molecule has 7 heteroatoms. The summed E-state index contributed by atoms with van der Waals surface area (Å²) < 4.78 is 0. The van der Waals surface area contributed by atoms with E-state index < -0.39 is 0 Å². The zero-order chi connectivity index (χ0) is 42.7. The Kier molecular flexibility index (Phi) is 64.5. The van der Waals surface area contributed by atoms with Crippen LogP contribution in [0.1, 0.15) is 117 Å². The second kappa shape index (κ2) is 57.2. The van der Waals surface area contributed by atoms with Crippen LogP contribution in [0.5, 0.6) is 0 Å². The zero-order valence-corrected chi connectivity index (χ0v) is 37.4. The lowest BCUT2D eigenvalue weighted by atomic mass is 10.2. The molecule has 0 fully saturated rings. The molecule has 0 saturated carbocycles. The van der Waals surface area contributed by atoms with E-state index in [1.807, 2.05) is 203 Å². The summed E-state index contributed by atoms with van der Waals surface area (Å²) in [5.41, 5.74) is 6.97. The van der Waals surface area contributed by atoms with Gasteiger partial charge in [0.25, 0.3) is 0 Å². The molecule has 0 atom stereocenters. The van der Waals surface area contributed by atoms with Gasteiger partial charge in [-0.2, -0.15) is 20.4 Å². The Bertz CT molecular complexity index is 1100. The number of hydrogen-bond donors (Lipinski definition) is 0. The fourth-order valence-corrected chi connectivity index (χ4v) is 2.59. The summed E-state index contributed by atoms with van der Waals surface area (Å²) in [6, 6.07) is 29.7. The molecule has 0 bridgehead atoms. The van der Waals surface area contributed by atoms with E-state index in [0.29, 0.717) is 0 Å². The van der Waals surface area contributed by atoms with Gasteiger partial charge in [-0.15, -0.1) is 0 Å². The Hall–Kier alpha value is -5.17. The number of nitrogens with zero attached hydrogens (tertiary/aromatic N) is 7. The van der Waals surface area contributed by atoms with Crippen LogP contribution in [0, 0.1) is 41.5 Å². The van der Waals surface area contributed by atoms with E-state index in [2.05, 4.69) is 54.4 Å². The first-order chi connectivity index (χ1) is 26.4. The van der Waals surface area contributed by atoms with E-state index in [1.54, 1.807) is 43.4 Å². The molecule has 0 amide bonds. The number of aryl methyl sites for hydroxylation is 6. The minimum Gasteiger partial charge on any atom is -0.265 e. The van der Waals surface area contributed by atoms with E-state index in [4.69, 9.17) is 0 Å². The number of rotatable bonds is 0. The summed E-state index contributed by atoms with van der Waals surface area (Å²) in [6.07, 6.45) is 14.0.